The van der Waals surface area contributed by atoms with Gasteiger partial charge in [-0.15, -0.1) is 0 Å². The second-order valence-electron chi connectivity index (χ2n) is 3.65. The molecule has 0 unspecified atom stereocenters. The Morgan fingerprint density at radius 1 is 1.50 bits per heavy atom. The topological polar surface area (TPSA) is 61.3 Å². The second-order valence-corrected chi connectivity index (χ2v) is 3.65. The largest absolute Gasteiger partial charge is 0.493 e. The van der Waals surface area contributed by atoms with E-state index >= 15 is 0 Å². The molecule has 0 spiro atoms. The SMILES string of the molecule is CCCN1CCn2c(c(O)[nH]c2=O)C1. The van der Waals surface area contributed by atoms with Gasteiger partial charge in [0.1, 0.15) is 0 Å². The third kappa shape index (κ3) is 1.43. The first-order chi connectivity index (χ1) is 6.72. The van der Waals surface area contributed by atoms with Crippen molar-refractivity contribution in [3.05, 3.63) is 16.2 Å². The molecule has 0 saturated heterocycles. The number of aromatic amines is 1. The number of aromatic nitrogens is 2. The van der Waals surface area contributed by atoms with Gasteiger partial charge < -0.3 is 5.11 Å². The van der Waals surface area contributed by atoms with Crippen LogP contribution in [-0.2, 0) is 13.1 Å². The van der Waals surface area contributed by atoms with E-state index in [4.69, 9.17) is 0 Å². The molecule has 0 saturated carbocycles. The van der Waals surface area contributed by atoms with Gasteiger partial charge in [-0.1, -0.05) is 6.92 Å². The van der Waals surface area contributed by atoms with Crippen LogP contribution in [-0.4, -0.2) is 32.6 Å². The number of nitrogens with one attached hydrogen (secondary N) is 1. The van der Waals surface area contributed by atoms with Crippen molar-refractivity contribution < 1.29 is 5.11 Å². The molecule has 1 aliphatic rings. The molecular formula is C9H15N3O2. The van der Waals surface area contributed by atoms with E-state index in [1.807, 2.05) is 0 Å². The van der Waals surface area contributed by atoms with Crippen molar-refractivity contribution in [3.8, 4) is 5.88 Å². The first-order valence-corrected chi connectivity index (χ1v) is 4.95. The molecule has 14 heavy (non-hydrogen) atoms. The zero-order chi connectivity index (χ0) is 10.1. The molecule has 78 valence electrons. The van der Waals surface area contributed by atoms with Gasteiger partial charge in [0.2, 0.25) is 5.88 Å². The number of nitrogens with zero attached hydrogens (tertiary/aromatic N) is 2. The van der Waals surface area contributed by atoms with E-state index in [0.717, 1.165) is 25.2 Å². The fourth-order valence-corrected chi connectivity index (χ4v) is 1.93. The van der Waals surface area contributed by atoms with Gasteiger partial charge in [0.15, 0.2) is 0 Å². The highest BCUT2D eigenvalue weighted by molar-refractivity contribution is 5.19. The number of hydrogen-bond acceptors (Lipinski definition) is 3. The Morgan fingerprint density at radius 3 is 3.00 bits per heavy atom. The van der Waals surface area contributed by atoms with Crippen LogP contribution in [0.5, 0.6) is 5.88 Å². The zero-order valence-electron chi connectivity index (χ0n) is 8.29. The summed E-state index contributed by atoms with van der Waals surface area (Å²) in [5, 5.41) is 9.46. The number of fused-ring (bicyclic) bond motifs is 1. The Labute approximate surface area is 82.0 Å². The van der Waals surface area contributed by atoms with Crippen LogP contribution in [0.25, 0.3) is 0 Å². The summed E-state index contributed by atoms with van der Waals surface area (Å²) in [5.74, 6) is 0.0239. The minimum atomic E-state index is -0.200. The summed E-state index contributed by atoms with van der Waals surface area (Å²) >= 11 is 0. The van der Waals surface area contributed by atoms with Crippen molar-refractivity contribution in [3.63, 3.8) is 0 Å². The minimum absolute atomic E-state index is 0.0239. The van der Waals surface area contributed by atoms with Crippen LogP contribution in [0.1, 0.15) is 19.0 Å². The van der Waals surface area contributed by atoms with Crippen LogP contribution in [0.15, 0.2) is 4.79 Å². The average molecular weight is 197 g/mol. The summed E-state index contributed by atoms with van der Waals surface area (Å²) in [6.07, 6.45) is 1.09. The van der Waals surface area contributed by atoms with E-state index in [9.17, 15) is 9.90 Å². The van der Waals surface area contributed by atoms with E-state index in [1.54, 1.807) is 4.57 Å². The van der Waals surface area contributed by atoms with Crippen molar-refractivity contribution >= 4 is 0 Å². The number of H-pyrrole nitrogens is 1. The maximum Gasteiger partial charge on any atom is 0.328 e. The van der Waals surface area contributed by atoms with Crippen LogP contribution < -0.4 is 5.69 Å². The quantitative estimate of drug-likeness (QED) is 0.707. The summed E-state index contributed by atoms with van der Waals surface area (Å²) in [6.45, 7) is 5.36. The van der Waals surface area contributed by atoms with Crippen LogP contribution in [0, 0.1) is 0 Å². The van der Waals surface area contributed by atoms with Crippen molar-refractivity contribution in [2.75, 3.05) is 13.1 Å². The van der Waals surface area contributed by atoms with Crippen molar-refractivity contribution in [2.45, 2.75) is 26.4 Å². The minimum Gasteiger partial charge on any atom is -0.493 e. The third-order valence-corrected chi connectivity index (χ3v) is 2.62. The maximum atomic E-state index is 11.3. The highest BCUT2D eigenvalue weighted by Crippen LogP contribution is 2.17. The zero-order valence-corrected chi connectivity index (χ0v) is 8.29. The van der Waals surface area contributed by atoms with E-state index in [0.29, 0.717) is 13.1 Å². The van der Waals surface area contributed by atoms with Crippen LogP contribution in [0.3, 0.4) is 0 Å². The number of hydrogen-bond donors (Lipinski definition) is 2. The lowest BCUT2D eigenvalue weighted by atomic mass is 10.3. The van der Waals surface area contributed by atoms with Crippen molar-refractivity contribution in [1.29, 1.82) is 0 Å². The standard InChI is InChI=1S/C9H15N3O2/c1-2-3-11-4-5-12-7(6-11)8(13)10-9(12)14/h13H,2-6H2,1H3,(H,10,14). The van der Waals surface area contributed by atoms with E-state index in [2.05, 4.69) is 16.8 Å². The number of imidazole rings is 1. The normalized spacial score (nSPS) is 16.9. The fraction of sp³-hybridized carbons (Fsp3) is 0.667. The monoisotopic (exact) mass is 197 g/mol. The molecule has 0 aliphatic carbocycles. The Balaban J connectivity index is 2.25. The van der Waals surface area contributed by atoms with Gasteiger partial charge in [-0.3, -0.25) is 14.5 Å². The van der Waals surface area contributed by atoms with E-state index < -0.39 is 0 Å². The number of rotatable bonds is 2. The maximum absolute atomic E-state index is 11.3. The molecule has 0 radical (unpaired) electrons. The molecule has 2 rings (SSSR count). The fourth-order valence-electron chi connectivity index (χ4n) is 1.93. The predicted molar refractivity (Wildman–Crippen MR) is 52.3 cm³/mol. The highest BCUT2D eigenvalue weighted by Gasteiger charge is 2.21. The van der Waals surface area contributed by atoms with Gasteiger partial charge >= 0.3 is 5.69 Å². The van der Waals surface area contributed by atoms with Gasteiger partial charge in [0.25, 0.3) is 0 Å². The first-order valence-electron chi connectivity index (χ1n) is 4.95. The molecule has 0 amide bonds. The van der Waals surface area contributed by atoms with Crippen LogP contribution >= 0.6 is 0 Å². The molecule has 0 aromatic carbocycles. The second kappa shape index (κ2) is 3.49. The van der Waals surface area contributed by atoms with Crippen molar-refractivity contribution in [2.24, 2.45) is 0 Å². The molecule has 2 heterocycles. The summed E-state index contributed by atoms with van der Waals surface area (Å²) in [6, 6.07) is 0. The molecule has 0 fully saturated rings. The molecular weight excluding hydrogens is 182 g/mol. The van der Waals surface area contributed by atoms with Crippen LogP contribution in [0.2, 0.25) is 0 Å². The molecule has 2 N–H and O–H groups in total. The van der Waals surface area contributed by atoms with Crippen LogP contribution in [0.4, 0.5) is 0 Å². The Kier molecular flexibility index (Phi) is 2.33. The van der Waals surface area contributed by atoms with Crippen molar-refractivity contribution in [1.82, 2.24) is 14.5 Å². The summed E-state index contributed by atoms with van der Waals surface area (Å²) in [7, 11) is 0. The smallest absolute Gasteiger partial charge is 0.328 e. The molecule has 1 aliphatic heterocycles. The summed E-state index contributed by atoms with van der Waals surface area (Å²) < 4.78 is 1.61. The first kappa shape index (κ1) is 9.33. The molecule has 0 bridgehead atoms. The molecule has 0 atom stereocenters. The van der Waals surface area contributed by atoms with Gasteiger partial charge in [-0.25, -0.2) is 4.79 Å². The van der Waals surface area contributed by atoms with Gasteiger partial charge in [0, 0.05) is 19.6 Å². The Morgan fingerprint density at radius 2 is 2.29 bits per heavy atom. The Hall–Kier alpha value is -1.23. The summed E-state index contributed by atoms with van der Waals surface area (Å²) in [5.41, 5.74) is 0.517. The predicted octanol–water partition coefficient (Wildman–Crippen LogP) is 0.108. The number of aromatic hydroxyl groups is 1. The third-order valence-electron chi connectivity index (χ3n) is 2.62. The van der Waals surface area contributed by atoms with Gasteiger partial charge in [-0.05, 0) is 13.0 Å². The molecule has 1 aromatic heterocycles. The highest BCUT2D eigenvalue weighted by atomic mass is 16.3. The lowest BCUT2D eigenvalue weighted by Crippen LogP contribution is -2.37. The van der Waals surface area contributed by atoms with Gasteiger partial charge in [0.05, 0.1) is 5.69 Å². The molecule has 5 heteroatoms. The van der Waals surface area contributed by atoms with E-state index in [-0.39, 0.29) is 11.6 Å². The lowest BCUT2D eigenvalue weighted by molar-refractivity contribution is 0.216. The average Bonchev–Trinajstić information content (AvgIpc) is 2.43. The molecule has 1 aromatic rings. The summed E-state index contributed by atoms with van der Waals surface area (Å²) in [4.78, 5) is 15.9. The van der Waals surface area contributed by atoms with Gasteiger partial charge in [-0.2, -0.15) is 0 Å². The molecule has 5 nitrogen and oxygen atoms in total. The Bertz CT molecular complexity index is 380. The lowest BCUT2D eigenvalue weighted by Gasteiger charge is -2.26. The van der Waals surface area contributed by atoms with E-state index in [1.165, 1.54) is 0 Å².